The molecule has 0 N–H and O–H groups in total. The van der Waals surface area contributed by atoms with Crippen LogP contribution in [0.5, 0.6) is 0 Å². The van der Waals surface area contributed by atoms with E-state index in [4.69, 9.17) is 0 Å². The first kappa shape index (κ1) is 11.0. The fourth-order valence-corrected chi connectivity index (χ4v) is 1.33. The minimum Gasteiger partial charge on any atom is -0.339 e. The van der Waals surface area contributed by atoms with Gasteiger partial charge in [-0.15, -0.1) is 0 Å². The Morgan fingerprint density at radius 2 is 2.36 bits per heavy atom. The summed E-state index contributed by atoms with van der Waals surface area (Å²) in [4.78, 5) is 17.2. The summed E-state index contributed by atoms with van der Waals surface area (Å²) in [5, 5.41) is -0.260. The van der Waals surface area contributed by atoms with Crippen LogP contribution in [0.4, 0.5) is 0 Å². The molecule has 1 rings (SSSR count). The quantitative estimate of drug-likeness (QED) is 0.764. The molecule has 0 fully saturated rings. The van der Waals surface area contributed by atoms with Crippen LogP contribution in [0.3, 0.4) is 0 Å². The van der Waals surface area contributed by atoms with Crippen molar-refractivity contribution in [1.82, 2.24) is 9.88 Å². The number of nitrogens with zero attached hydrogens (tertiary/aromatic N) is 2. The molecule has 3 nitrogen and oxygen atoms in total. The van der Waals surface area contributed by atoms with Crippen LogP contribution in [0.25, 0.3) is 0 Å². The number of hydrogen-bond donors (Lipinski definition) is 1. The topological polar surface area (TPSA) is 33.2 Å². The fraction of sp³-hybridized carbons (Fsp3) is 0.400. The van der Waals surface area contributed by atoms with Gasteiger partial charge in [-0.1, -0.05) is 6.07 Å². The highest BCUT2D eigenvalue weighted by Gasteiger charge is 2.13. The number of rotatable bonds is 3. The third-order valence-electron chi connectivity index (χ3n) is 1.86. The van der Waals surface area contributed by atoms with E-state index in [0.717, 1.165) is 5.69 Å². The zero-order valence-electron chi connectivity index (χ0n) is 8.34. The van der Waals surface area contributed by atoms with E-state index in [-0.39, 0.29) is 11.2 Å². The SMILES string of the molecule is CC(S)C(=O)N(C)Cc1ccccn1. The summed E-state index contributed by atoms with van der Waals surface area (Å²) < 4.78 is 0. The number of amides is 1. The molecule has 1 atom stereocenters. The van der Waals surface area contributed by atoms with Crippen molar-refractivity contribution in [3.63, 3.8) is 0 Å². The molecule has 1 amide bonds. The molecule has 0 aliphatic heterocycles. The molecule has 0 radical (unpaired) electrons. The van der Waals surface area contributed by atoms with Crippen LogP contribution < -0.4 is 0 Å². The van der Waals surface area contributed by atoms with Crippen LogP contribution >= 0.6 is 12.6 Å². The van der Waals surface area contributed by atoms with Crippen molar-refractivity contribution in [3.8, 4) is 0 Å². The van der Waals surface area contributed by atoms with Gasteiger partial charge in [-0.25, -0.2) is 0 Å². The van der Waals surface area contributed by atoms with Gasteiger partial charge < -0.3 is 4.90 Å². The van der Waals surface area contributed by atoms with Gasteiger partial charge in [0.1, 0.15) is 0 Å². The number of carbonyl (C=O) groups excluding carboxylic acids is 1. The van der Waals surface area contributed by atoms with Gasteiger partial charge in [-0.2, -0.15) is 12.6 Å². The van der Waals surface area contributed by atoms with Crippen LogP contribution in [-0.4, -0.2) is 28.1 Å². The number of pyridine rings is 1. The molecular weight excluding hydrogens is 196 g/mol. The Morgan fingerprint density at radius 1 is 1.64 bits per heavy atom. The molecule has 1 aromatic heterocycles. The van der Waals surface area contributed by atoms with Gasteiger partial charge in [0.05, 0.1) is 17.5 Å². The van der Waals surface area contributed by atoms with Crippen LogP contribution in [0, 0.1) is 0 Å². The summed E-state index contributed by atoms with van der Waals surface area (Å²) in [5.74, 6) is 0.0130. The van der Waals surface area contributed by atoms with Gasteiger partial charge >= 0.3 is 0 Å². The second kappa shape index (κ2) is 5.00. The molecule has 0 saturated carbocycles. The smallest absolute Gasteiger partial charge is 0.235 e. The maximum absolute atomic E-state index is 11.5. The largest absolute Gasteiger partial charge is 0.339 e. The Hall–Kier alpha value is -1.03. The molecule has 0 saturated heterocycles. The molecule has 1 unspecified atom stereocenters. The van der Waals surface area contributed by atoms with Crippen LogP contribution in [-0.2, 0) is 11.3 Å². The molecule has 0 bridgehead atoms. The lowest BCUT2D eigenvalue weighted by molar-refractivity contribution is -0.129. The van der Waals surface area contributed by atoms with Gasteiger partial charge in [-0.05, 0) is 19.1 Å². The van der Waals surface area contributed by atoms with Crippen molar-refractivity contribution in [2.75, 3.05) is 7.05 Å². The van der Waals surface area contributed by atoms with E-state index >= 15 is 0 Å². The van der Waals surface area contributed by atoms with Crippen molar-refractivity contribution in [3.05, 3.63) is 30.1 Å². The average Bonchev–Trinajstić information content (AvgIpc) is 2.18. The van der Waals surface area contributed by atoms with E-state index in [1.54, 1.807) is 25.1 Å². The van der Waals surface area contributed by atoms with E-state index in [9.17, 15) is 4.79 Å². The number of carbonyl (C=O) groups is 1. The van der Waals surface area contributed by atoms with E-state index < -0.39 is 0 Å². The summed E-state index contributed by atoms with van der Waals surface area (Å²) in [6.07, 6.45) is 1.72. The summed E-state index contributed by atoms with van der Waals surface area (Å²) in [6.45, 7) is 2.30. The molecule has 0 aromatic carbocycles. The predicted molar refractivity (Wildman–Crippen MR) is 59.2 cm³/mol. The Balaban J connectivity index is 2.57. The summed E-state index contributed by atoms with van der Waals surface area (Å²) >= 11 is 4.09. The predicted octanol–water partition coefficient (Wildman–Crippen LogP) is 1.36. The number of hydrogen-bond acceptors (Lipinski definition) is 3. The zero-order chi connectivity index (χ0) is 10.6. The number of thiol groups is 1. The highest BCUT2D eigenvalue weighted by atomic mass is 32.1. The highest BCUT2D eigenvalue weighted by molar-refractivity contribution is 7.81. The van der Waals surface area contributed by atoms with E-state index in [2.05, 4.69) is 17.6 Å². The van der Waals surface area contributed by atoms with E-state index in [1.807, 2.05) is 18.2 Å². The lowest BCUT2D eigenvalue weighted by Gasteiger charge is -2.18. The van der Waals surface area contributed by atoms with Crippen molar-refractivity contribution in [2.45, 2.75) is 18.7 Å². The van der Waals surface area contributed by atoms with Crippen molar-refractivity contribution >= 4 is 18.5 Å². The Bertz CT molecular complexity index is 300. The molecule has 0 spiro atoms. The molecule has 4 heteroatoms. The third kappa shape index (κ3) is 3.03. The van der Waals surface area contributed by atoms with Gasteiger partial charge in [0, 0.05) is 13.2 Å². The molecule has 1 aromatic rings. The summed E-state index contributed by atoms with van der Waals surface area (Å²) in [5.41, 5.74) is 0.886. The van der Waals surface area contributed by atoms with E-state index in [1.165, 1.54) is 0 Å². The molecule has 76 valence electrons. The molecule has 0 aliphatic carbocycles. The highest BCUT2D eigenvalue weighted by Crippen LogP contribution is 2.03. The second-order valence-corrected chi connectivity index (χ2v) is 3.97. The third-order valence-corrected chi connectivity index (χ3v) is 2.08. The maximum atomic E-state index is 11.5. The Labute approximate surface area is 89.6 Å². The molecular formula is C10H14N2OS. The Morgan fingerprint density at radius 3 is 2.86 bits per heavy atom. The van der Waals surface area contributed by atoms with Crippen LogP contribution in [0.2, 0.25) is 0 Å². The van der Waals surface area contributed by atoms with Crippen LogP contribution in [0.1, 0.15) is 12.6 Å². The first-order valence-corrected chi connectivity index (χ1v) is 4.96. The minimum atomic E-state index is -0.260. The first-order valence-electron chi connectivity index (χ1n) is 4.44. The van der Waals surface area contributed by atoms with Gasteiger partial charge in [-0.3, -0.25) is 9.78 Å². The fourth-order valence-electron chi connectivity index (χ4n) is 1.13. The van der Waals surface area contributed by atoms with E-state index in [0.29, 0.717) is 6.54 Å². The number of aromatic nitrogens is 1. The standard InChI is InChI=1S/C10H14N2OS/c1-8(14)10(13)12(2)7-9-5-3-4-6-11-9/h3-6,8,14H,7H2,1-2H3. The van der Waals surface area contributed by atoms with Crippen molar-refractivity contribution in [2.24, 2.45) is 0 Å². The molecule has 0 aliphatic rings. The summed E-state index contributed by atoms with van der Waals surface area (Å²) in [7, 11) is 1.75. The molecule has 1 heterocycles. The van der Waals surface area contributed by atoms with Gasteiger partial charge in [0.2, 0.25) is 5.91 Å². The first-order chi connectivity index (χ1) is 6.61. The van der Waals surface area contributed by atoms with Crippen LogP contribution in [0.15, 0.2) is 24.4 Å². The maximum Gasteiger partial charge on any atom is 0.235 e. The van der Waals surface area contributed by atoms with Crippen molar-refractivity contribution < 1.29 is 4.79 Å². The molecule has 14 heavy (non-hydrogen) atoms. The minimum absolute atomic E-state index is 0.0130. The monoisotopic (exact) mass is 210 g/mol. The lowest BCUT2D eigenvalue weighted by atomic mass is 10.3. The van der Waals surface area contributed by atoms with Gasteiger partial charge in [0.25, 0.3) is 0 Å². The second-order valence-electron chi connectivity index (χ2n) is 3.19. The normalized spacial score (nSPS) is 12.2. The van der Waals surface area contributed by atoms with Gasteiger partial charge in [0.15, 0.2) is 0 Å². The summed E-state index contributed by atoms with van der Waals surface area (Å²) in [6, 6.07) is 5.66. The van der Waals surface area contributed by atoms with Crippen molar-refractivity contribution in [1.29, 1.82) is 0 Å². The zero-order valence-corrected chi connectivity index (χ0v) is 9.24. The average molecular weight is 210 g/mol. The lowest BCUT2D eigenvalue weighted by Crippen LogP contribution is -2.31. The Kier molecular flexibility index (Phi) is 3.95.